The number of carbonyl (C=O) groups is 2. The molecule has 1 unspecified atom stereocenters. The second kappa shape index (κ2) is 5.51. The molecule has 0 aliphatic carbocycles. The minimum atomic E-state index is -1.03. The number of nitrogens with one attached hydrogen (secondary N) is 1. The van der Waals surface area contributed by atoms with E-state index in [4.69, 9.17) is 14.0 Å². The predicted octanol–water partition coefficient (Wildman–Crippen LogP) is 1.76. The summed E-state index contributed by atoms with van der Waals surface area (Å²) in [5.74, 6) is 1.49. The van der Waals surface area contributed by atoms with Gasteiger partial charge in [-0.2, -0.15) is 0 Å². The van der Waals surface area contributed by atoms with Gasteiger partial charge in [-0.1, -0.05) is 11.2 Å². The first-order chi connectivity index (χ1) is 11.9. The molecule has 1 aromatic heterocycles. The third kappa shape index (κ3) is 2.69. The number of hydrogen-bond donors (Lipinski definition) is 1. The van der Waals surface area contributed by atoms with Crippen LogP contribution in [0.2, 0.25) is 0 Å². The Labute approximate surface area is 143 Å². The van der Waals surface area contributed by atoms with Crippen LogP contribution in [0.3, 0.4) is 0 Å². The monoisotopic (exact) mass is 343 g/mol. The van der Waals surface area contributed by atoms with Gasteiger partial charge in [0.2, 0.25) is 6.79 Å². The largest absolute Gasteiger partial charge is 0.454 e. The Morgan fingerprint density at radius 2 is 2.04 bits per heavy atom. The molecule has 4 rings (SSSR count). The van der Waals surface area contributed by atoms with Crippen LogP contribution in [0, 0.1) is 6.92 Å². The predicted molar refractivity (Wildman–Crippen MR) is 85.0 cm³/mol. The van der Waals surface area contributed by atoms with Crippen LogP contribution in [0.15, 0.2) is 28.8 Å². The summed E-state index contributed by atoms with van der Waals surface area (Å²) in [7, 11) is 0. The Bertz CT molecular complexity index is 862. The molecule has 0 bridgehead atoms. The molecule has 1 atom stereocenters. The topological polar surface area (TPSA) is 93.9 Å². The number of imide groups is 1. The third-order valence-corrected chi connectivity index (χ3v) is 4.33. The Hall–Kier alpha value is -3.03. The molecular formula is C17H17N3O5. The smallest absolute Gasteiger partial charge is 0.325 e. The molecule has 1 fully saturated rings. The molecule has 0 spiro atoms. The fourth-order valence-electron chi connectivity index (χ4n) is 3.12. The van der Waals surface area contributed by atoms with E-state index >= 15 is 0 Å². The van der Waals surface area contributed by atoms with E-state index in [-0.39, 0.29) is 19.2 Å². The SMILES string of the molecule is Cc1cc(CN2C(=O)NC(C)(Cc3ccc4c(c3)OCO4)C2=O)on1. The van der Waals surface area contributed by atoms with Crippen LogP contribution in [0.5, 0.6) is 11.5 Å². The lowest BCUT2D eigenvalue weighted by atomic mass is 9.92. The summed E-state index contributed by atoms with van der Waals surface area (Å²) in [4.78, 5) is 26.2. The second-order valence-electron chi connectivity index (χ2n) is 6.45. The van der Waals surface area contributed by atoms with E-state index in [1.54, 1.807) is 26.0 Å². The van der Waals surface area contributed by atoms with Gasteiger partial charge in [-0.05, 0) is 31.5 Å². The maximum absolute atomic E-state index is 12.8. The average molecular weight is 343 g/mol. The van der Waals surface area contributed by atoms with Gasteiger partial charge in [0.05, 0.1) is 12.2 Å². The first-order valence-corrected chi connectivity index (χ1v) is 7.89. The van der Waals surface area contributed by atoms with Gasteiger partial charge in [0.1, 0.15) is 5.54 Å². The Kier molecular flexibility index (Phi) is 3.41. The second-order valence-corrected chi connectivity index (χ2v) is 6.45. The van der Waals surface area contributed by atoms with Gasteiger partial charge in [0.25, 0.3) is 5.91 Å². The summed E-state index contributed by atoms with van der Waals surface area (Å²) >= 11 is 0. The van der Waals surface area contributed by atoms with E-state index in [2.05, 4.69) is 10.5 Å². The molecule has 25 heavy (non-hydrogen) atoms. The van der Waals surface area contributed by atoms with Crippen molar-refractivity contribution in [3.05, 3.63) is 41.3 Å². The van der Waals surface area contributed by atoms with Crippen molar-refractivity contribution >= 4 is 11.9 Å². The molecule has 130 valence electrons. The van der Waals surface area contributed by atoms with Crippen LogP contribution in [0.1, 0.15) is 23.9 Å². The standard InChI is InChI=1S/C17H17N3O5/c1-10-5-12(25-19-10)8-20-15(21)17(2,18-16(20)22)7-11-3-4-13-14(6-11)24-9-23-13/h3-6H,7-9H2,1-2H3,(H,18,22). The highest BCUT2D eigenvalue weighted by molar-refractivity contribution is 6.06. The normalized spacial score (nSPS) is 21.8. The fourth-order valence-corrected chi connectivity index (χ4v) is 3.12. The van der Waals surface area contributed by atoms with Crippen molar-refractivity contribution in [1.29, 1.82) is 0 Å². The van der Waals surface area contributed by atoms with Gasteiger partial charge in [-0.25, -0.2) is 4.79 Å². The summed E-state index contributed by atoms with van der Waals surface area (Å²) in [5, 5.41) is 6.55. The zero-order chi connectivity index (χ0) is 17.6. The Morgan fingerprint density at radius 3 is 2.80 bits per heavy atom. The molecular weight excluding hydrogens is 326 g/mol. The maximum atomic E-state index is 12.8. The number of benzene rings is 1. The summed E-state index contributed by atoms with van der Waals surface area (Å²) in [6.07, 6.45) is 0.347. The first kappa shape index (κ1) is 15.5. The maximum Gasteiger partial charge on any atom is 0.325 e. The molecule has 3 heterocycles. The molecule has 1 saturated heterocycles. The minimum absolute atomic E-state index is 0.0578. The van der Waals surface area contributed by atoms with E-state index in [9.17, 15) is 9.59 Å². The van der Waals surface area contributed by atoms with Crippen molar-refractivity contribution < 1.29 is 23.6 Å². The molecule has 3 amide bonds. The highest BCUT2D eigenvalue weighted by Gasteiger charge is 2.48. The molecule has 0 radical (unpaired) electrons. The van der Waals surface area contributed by atoms with Crippen LogP contribution in [-0.2, 0) is 17.8 Å². The van der Waals surface area contributed by atoms with Crippen molar-refractivity contribution in [2.75, 3.05) is 6.79 Å². The summed E-state index contributed by atoms with van der Waals surface area (Å²) in [6.45, 7) is 3.74. The van der Waals surface area contributed by atoms with Crippen molar-refractivity contribution in [3.63, 3.8) is 0 Å². The van der Waals surface area contributed by atoms with Gasteiger partial charge in [0.15, 0.2) is 17.3 Å². The summed E-state index contributed by atoms with van der Waals surface area (Å²) in [5.41, 5.74) is 0.544. The van der Waals surface area contributed by atoms with Gasteiger partial charge >= 0.3 is 6.03 Å². The van der Waals surface area contributed by atoms with Crippen molar-refractivity contribution in [3.8, 4) is 11.5 Å². The van der Waals surface area contributed by atoms with Gasteiger partial charge in [-0.15, -0.1) is 0 Å². The first-order valence-electron chi connectivity index (χ1n) is 7.89. The molecule has 1 aromatic carbocycles. The molecule has 0 saturated carbocycles. The number of rotatable bonds is 4. The minimum Gasteiger partial charge on any atom is -0.454 e. The van der Waals surface area contributed by atoms with Crippen molar-refractivity contribution in [2.45, 2.75) is 32.4 Å². The van der Waals surface area contributed by atoms with Gasteiger partial charge < -0.3 is 19.3 Å². The fraction of sp³-hybridized carbons (Fsp3) is 0.353. The van der Waals surface area contributed by atoms with Crippen LogP contribution < -0.4 is 14.8 Å². The van der Waals surface area contributed by atoms with Crippen LogP contribution in [-0.4, -0.2) is 34.3 Å². The molecule has 8 heteroatoms. The number of aryl methyl sites for hydroxylation is 1. The van der Waals surface area contributed by atoms with E-state index < -0.39 is 11.6 Å². The van der Waals surface area contributed by atoms with Crippen LogP contribution >= 0.6 is 0 Å². The number of ether oxygens (including phenoxy) is 2. The number of nitrogens with zero attached hydrogens (tertiary/aromatic N) is 2. The number of hydrogen-bond acceptors (Lipinski definition) is 6. The highest BCUT2D eigenvalue weighted by atomic mass is 16.7. The van der Waals surface area contributed by atoms with Crippen molar-refractivity contribution in [2.24, 2.45) is 0 Å². The number of amides is 3. The third-order valence-electron chi connectivity index (χ3n) is 4.33. The summed E-state index contributed by atoms with van der Waals surface area (Å²) < 4.78 is 15.8. The number of aromatic nitrogens is 1. The average Bonchev–Trinajstić information content (AvgIpc) is 3.23. The quantitative estimate of drug-likeness (QED) is 0.850. The zero-order valence-electron chi connectivity index (χ0n) is 13.9. The molecule has 1 N–H and O–H groups in total. The van der Waals surface area contributed by atoms with E-state index in [0.29, 0.717) is 29.4 Å². The Morgan fingerprint density at radius 1 is 1.24 bits per heavy atom. The Balaban J connectivity index is 1.53. The van der Waals surface area contributed by atoms with Crippen LogP contribution in [0.25, 0.3) is 0 Å². The lowest BCUT2D eigenvalue weighted by Gasteiger charge is -2.21. The lowest BCUT2D eigenvalue weighted by Crippen LogP contribution is -2.45. The molecule has 8 nitrogen and oxygen atoms in total. The number of carbonyl (C=O) groups excluding carboxylic acids is 2. The number of urea groups is 1. The highest BCUT2D eigenvalue weighted by Crippen LogP contribution is 2.34. The summed E-state index contributed by atoms with van der Waals surface area (Å²) in [6, 6.07) is 6.75. The molecule has 2 aromatic rings. The van der Waals surface area contributed by atoms with E-state index in [0.717, 1.165) is 10.5 Å². The van der Waals surface area contributed by atoms with Crippen LogP contribution in [0.4, 0.5) is 4.79 Å². The zero-order valence-corrected chi connectivity index (χ0v) is 13.9. The molecule has 2 aliphatic heterocycles. The van der Waals surface area contributed by atoms with Gasteiger partial charge in [-0.3, -0.25) is 9.69 Å². The van der Waals surface area contributed by atoms with Crippen molar-refractivity contribution in [1.82, 2.24) is 15.4 Å². The molecule has 2 aliphatic rings. The number of fused-ring (bicyclic) bond motifs is 1. The van der Waals surface area contributed by atoms with E-state index in [1.807, 2.05) is 12.1 Å². The van der Waals surface area contributed by atoms with Gasteiger partial charge in [0, 0.05) is 12.5 Å². The van der Waals surface area contributed by atoms with E-state index in [1.165, 1.54) is 0 Å². The lowest BCUT2D eigenvalue weighted by molar-refractivity contribution is -0.131.